The van der Waals surface area contributed by atoms with E-state index in [9.17, 15) is 14.7 Å². The van der Waals surface area contributed by atoms with E-state index in [2.05, 4.69) is 4.90 Å². The molecule has 0 fully saturated rings. The van der Waals surface area contributed by atoms with Crippen LogP contribution in [0.3, 0.4) is 0 Å². The third kappa shape index (κ3) is 25.5. The van der Waals surface area contributed by atoms with Gasteiger partial charge < -0.3 is 19.6 Å². The van der Waals surface area contributed by atoms with Gasteiger partial charge in [0.05, 0.1) is 6.61 Å². The first kappa shape index (κ1) is 31.3. The molecule has 0 aliphatic rings. The molecule has 0 saturated carbocycles. The summed E-state index contributed by atoms with van der Waals surface area (Å²) in [7, 11) is 0. The van der Waals surface area contributed by atoms with Gasteiger partial charge in [0.1, 0.15) is 11.6 Å². The van der Waals surface area contributed by atoms with E-state index >= 15 is 0 Å². The van der Waals surface area contributed by atoms with Crippen molar-refractivity contribution in [2.24, 2.45) is 0 Å². The number of aliphatic hydroxyl groups is 1. The highest BCUT2D eigenvalue weighted by molar-refractivity contribution is 5.75. The first-order valence-electron chi connectivity index (χ1n) is 13.9. The number of ketones is 2. The Morgan fingerprint density at radius 3 is 1.03 bits per heavy atom. The van der Waals surface area contributed by atoms with Crippen LogP contribution in [0.15, 0.2) is 0 Å². The van der Waals surface area contributed by atoms with Gasteiger partial charge in [-0.15, -0.1) is 0 Å². The largest absolute Gasteiger partial charge is 0.395 e. The van der Waals surface area contributed by atoms with Crippen molar-refractivity contribution in [1.82, 2.24) is 4.90 Å². The van der Waals surface area contributed by atoms with Crippen molar-refractivity contribution < 1.29 is 14.7 Å². The normalized spacial score (nSPS) is 11.4. The van der Waals surface area contributed by atoms with Crippen molar-refractivity contribution in [2.45, 2.75) is 142 Å². The Hall–Kier alpha value is -0.740. The Morgan fingerprint density at radius 2 is 0.750 bits per heavy atom. The molecule has 0 radical (unpaired) electrons. The van der Waals surface area contributed by atoms with E-state index in [0.717, 1.165) is 45.3 Å². The number of unbranched alkanes of at least 4 members (excludes halogenated alkanes) is 16. The van der Waals surface area contributed by atoms with Gasteiger partial charge >= 0.3 is 0 Å². The zero-order valence-electron chi connectivity index (χ0n) is 21.7. The van der Waals surface area contributed by atoms with E-state index in [1.54, 1.807) is 13.8 Å². The molecule has 0 aliphatic carbocycles. The summed E-state index contributed by atoms with van der Waals surface area (Å²) in [6, 6.07) is 0. The summed E-state index contributed by atoms with van der Waals surface area (Å²) in [6.07, 6.45) is 24.4. The molecule has 0 heterocycles. The van der Waals surface area contributed by atoms with Gasteiger partial charge in [-0.05, 0) is 52.6 Å². The Bertz CT molecular complexity index is 389. The molecule has 0 aromatic carbocycles. The lowest BCUT2D eigenvalue weighted by molar-refractivity contribution is -0.117. The fraction of sp³-hybridized carbons (Fsp3) is 0.929. The van der Waals surface area contributed by atoms with Gasteiger partial charge in [0, 0.05) is 19.4 Å². The Balaban J connectivity index is 3.44. The summed E-state index contributed by atoms with van der Waals surface area (Å²) in [5.41, 5.74) is 0. The molecule has 0 aromatic rings. The van der Waals surface area contributed by atoms with Crippen LogP contribution >= 0.6 is 0 Å². The van der Waals surface area contributed by atoms with E-state index < -0.39 is 0 Å². The standard InChI is InChI=1S/C28H55NO3/c1-27(31)21-17-13-9-5-3-7-11-15-19-23-29(25-26-30)24-20-16-12-8-4-6-10-14-18-22-28(2)32/h30H,3-26H2,1-2H3. The fourth-order valence-electron chi connectivity index (χ4n) is 4.37. The van der Waals surface area contributed by atoms with Crippen LogP contribution in [0.5, 0.6) is 0 Å². The quantitative estimate of drug-likeness (QED) is 0.140. The number of rotatable bonds is 26. The van der Waals surface area contributed by atoms with Crippen molar-refractivity contribution in [3.63, 3.8) is 0 Å². The predicted octanol–water partition coefficient (Wildman–Crippen LogP) is 7.26. The molecule has 0 atom stereocenters. The second-order valence-corrected chi connectivity index (χ2v) is 9.83. The van der Waals surface area contributed by atoms with Crippen LogP contribution < -0.4 is 0 Å². The second kappa shape index (κ2) is 24.9. The molecule has 0 spiro atoms. The number of carbonyl (C=O) groups is 2. The zero-order chi connectivity index (χ0) is 23.7. The topological polar surface area (TPSA) is 57.6 Å². The van der Waals surface area contributed by atoms with E-state index in [4.69, 9.17) is 0 Å². The van der Waals surface area contributed by atoms with Crippen molar-refractivity contribution >= 4 is 11.6 Å². The third-order valence-electron chi connectivity index (χ3n) is 6.42. The highest BCUT2D eigenvalue weighted by Crippen LogP contribution is 2.13. The van der Waals surface area contributed by atoms with Crippen molar-refractivity contribution in [2.75, 3.05) is 26.2 Å². The van der Waals surface area contributed by atoms with Gasteiger partial charge in [0.15, 0.2) is 0 Å². The first-order valence-corrected chi connectivity index (χ1v) is 13.9. The SMILES string of the molecule is CC(=O)CCCCCCCCCCCN(CCO)CCCCCCCCCCCC(C)=O. The number of nitrogens with zero attached hydrogens (tertiary/aromatic N) is 1. The molecule has 4 nitrogen and oxygen atoms in total. The van der Waals surface area contributed by atoms with Gasteiger partial charge in [-0.25, -0.2) is 0 Å². The maximum absolute atomic E-state index is 10.9. The molecule has 0 unspecified atom stereocenters. The molecule has 0 aromatic heterocycles. The smallest absolute Gasteiger partial charge is 0.129 e. The molecule has 0 aliphatic heterocycles. The summed E-state index contributed by atoms with van der Waals surface area (Å²) in [5, 5.41) is 9.34. The summed E-state index contributed by atoms with van der Waals surface area (Å²) in [6.45, 7) is 6.73. The number of hydrogen-bond donors (Lipinski definition) is 1. The van der Waals surface area contributed by atoms with E-state index in [1.165, 1.54) is 103 Å². The Kier molecular flexibility index (Phi) is 24.3. The number of aliphatic hydroxyl groups excluding tert-OH is 1. The molecular weight excluding hydrogens is 398 g/mol. The molecule has 0 saturated heterocycles. The molecule has 32 heavy (non-hydrogen) atoms. The summed E-state index contributed by atoms with van der Waals surface area (Å²) < 4.78 is 0. The molecule has 1 N–H and O–H groups in total. The maximum Gasteiger partial charge on any atom is 0.129 e. The van der Waals surface area contributed by atoms with Crippen LogP contribution in [0, 0.1) is 0 Å². The molecule has 0 amide bonds. The van der Waals surface area contributed by atoms with Gasteiger partial charge in [-0.2, -0.15) is 0 Å². The van der Waals surface area contributed by atoms with Crippen LogP contribution in [0.25, 0.3) is 0 Å². The maximum atomic E-state index is 10.9. The van der Waals surface area contributed by atoms with Gasteiger partial charge in [0.2, 0.25) is 0 Å². The van der Waals surface area contributed by atoms with Gasteiger partial charge in [-0.3, -0.25) is 0 Å². The molecule has 4 heteroatoms. The van der Waals surface area contributed by atoms with Crippen LogP contribution in [0.2, 0.25) is 0 Å². The minimum Gasteiger partial charge on any atom is -0.395 e. The predicted molar refractivity (Wildman–Crippen MR) is 137 cm³/mol. The lowest BCUT2D eigenvalue weighted by atomic mass is 10.1. The highest BCUT2D eigenvalue weighted by Gasteiger charge is 2.04. The minimum atomic E-state index is 0.271. The molecule has 190 valence electrons. The van der Waals surface area contributed by atoms with E-state index in [-0.39, 0.29) is 6.61 Å². The summed E-state index contributed by atoms with van der Waals surface area (Å²) >= 11 is 0. The van der Waals surface area contributed by atoms with Crippen LogP contribution in [-0.2, 0) is 9.59 Å². The first-order chi connectivity index (χ1) is 15.6. The van der Waals surface area contributed by atoms with Crippen LogP contribution in [0.4, 0.5) is 0 Å². The fourth-order valence-corrected chi connectivity index (χ4v) is 4.37. The van der Waals surface area contributed by atoms with Gasteiger partial charge in [-0.1, -0.05) is 89.9 Å². The lowest BCUT2D eigenvalue weighted by Gasteiger charge is -2.21. The number of hydrogen-bond acceptors (Lipinski definition) is 4. The molecule has 0 bridgehead atoms. The van der Waals surface area contributed by atoms with Crippen molar-refractivity contribution in [3.8, 4) is 0 Å². The van der Waals surface area contributed by atoms with Crippen LogP contribution in [-0.4, -0.2) is 47.8 Å². The van der Waals surface area contributed by atoms with Gasteiger partial charge in [0.25, 0.3) is 0 Å². The minimum absolute atomic E-state index is 0.271. The van der Waals surface area contributed by atoms with E-state index in [1.807, 2.05) is 0 Å². The summed E-state index contributed by atoms with van der Waals surface area (Å²) in [5.74, 6) is 0.648. The van der Waals surface area contributed by atoms with E-state index in [0.29, 0.717) is 11.6 Å². The lowest BCUT2D eigenvalue weighted by Crippen LogP contribution is -2.29. The highest BCUT2D eigenvalue weighted by atomic mass is 16.3. The Morgan fingerprint density at radius 1 is 0.469 bits per heavy atom. The Labute approximate surface area is 199 Å². The molecular formula is C28H55NO3. The number of Topliss-reactive ketones (excluding diaryl/α,β-unsaturated/α-hetero) is 2. The number of carbonyl (C=O) groups excluding carboxylic acids is 2. The average Bonchev–Trinajstić information content (AvgIpc) is 2.75. The second-order valence-electron chi connectivity index (χ2n) is 9.83. The summed E-state index contributed by atoms with van der Waals surface area (Å²) in [4.78, 5) is 24.3. The monoisotopic (exact) mass is 453 g/mol. The van der Waals surface area contributed by atoms with Crippen molar-refractivity contribution in [1.29, 1.82) is 0 Å². The van der Waals surface area contributed by atoms with Crippen molar-refractivity contribution in [3.05, 3.63) is 0 Å². The van der Waals surface area contributed by atoms with Crippen LogP contribution in [0.1, 0.15) is 142 Å². The molecule has 0 rings (SSSR count). The zero-order valence-corrected chi connectivity index (χ0v) is 21.7. The third-order valence-corrected chi connectivity index (χ3v) is 6.42. The average molecular weight is 454 g/mol.